The summed E-state index contributed by atoms with van der Waals surface area (Å²) in [5.74, 6) is 0.160. The second-order valence-electron chi connectivity index (χ2n) is 10.9. The molecule has 1 aromatic heterocycles. The Labute approximate surface area is 271 Å². The maximum Gasteiger partial charge on any atom is 0.325 e. The van der Waals surface area contributed by atoms with Gasteiger partial charge < -0.3 is 30.0 Å². The summed E-state index contributed by atoms with van der Waals surface area (Å²) in [5.41, 5.74) is 5.56. The summed E-state index contributed by atoms with van der Waals surface area (Å²) in [6, 6.07) is 23.3. The highest BCUT2D eigenvalue weighted by Crippen LogP contribution is 2.43. The van der Waals surface area contributed by atoms with Crippen LogP contribution >= 0.6 is 11.8 Å². The summed E-state index contributed by atoms with van der Waals surface area (Å²) in [6.45, 7) is 4.16. The summed E-state index contributed by atoms with van der Waals surface area (Å²) in [4.78, 5) is 23.7. The van der Waals surface area contributed by atoms with Gasteiger partial charge in [0.2, 0.25) is 5.16 Å². The molecule has 46 heavy (non-hydrogen) atoms. The van der Waals surface area contributed by atoms with Crippen molar-refractivity contribution in [2.24, 2.45) is 13.0 Å². The number of thioether (sulfide) groups is 1. The second-order valence-corrected chi connectivity index (χ2v) is 11.9. The summed E-state index contributed by atoms with van der Waals surface area (Å²) >= 11 is 1.54. The lowest BCUT2D eigenvalue weighted by Crippen LogP contribution is -2.38. The maximum absolute atomic E-state index is 12.2. The Kier molecular flexibility index (Phi) is 11.4. The van der Waals surface area contributed by atoms with Gasteiger partial charge in [-0.3, -0.25) is 4.79 Å². The van der Waals surface area contributed by atoms with Crippen molar-refractivity contribution in [3.63, 3.8) is 0 Å². The molecule has 3 aromatic carbocycles. The molecule has 1 fully saturated rings. The van der Waals surface area contributed by atoms with Crippen molar-refractivity contribution in [1.29, 1.82) is 0 Å². The molecule has 2 heterocycles. The molecule has 0 spiro atoms. The van der Waals surface area contributed by atoms with Crippen molar-refractivity contribution in [3.8, 4) is 11.1 Å². The molecule has 0 unspecified atom stereocenters. The second kappa shape index (κ2) is 15.8. The molecule has 0 aliphatic carbocycles. The van der Waals surface area contributed by atoms with Crippen LogP contribution in [-0.4, -0.2) is 62.3 Å². The number of hydrogen-bond acceptors (Lipinski definition) is 10. The minimum atomic E-state index is -0.630. The third-order valence-electron chi connectivity index (χ3n) is 7.65. The molecule has 13 heteroatoms. The standard InChI is InChI=1S/C33H38N6O6S/c1-4-43-29(41)18-35-32(42)34-17-23-7-5-8-25(15-23)26-9-6-10-27(16-26)31-44-28(20-46-33-36-37-38-39(33)3)21(2)30(45-31)24-13-11-22(19-40)12-14-24/h5-16,21,28,30-31,40H,4,17-20H2,1-3H3,(H2,34,35,42)/t21-,28+,30+,31+/m1/s1. The molecule has 242 valence electrons. The number of aliphatic hydroxyl groups is 1. The predicted octanol–water partition coefficient (Wildman–Crippen LogP) is 4.32. The van der Waals surface area contributed by atoms with E-state index in [-0.39, 0.29) is 44.4 Å². The van der Waals surface area contributed by atoms with Crippen molar-refractivity contribution in [3.05, 3.63) is 95.1 Å². The Morgan fingerprint density at radius 1 is 0.978 bits per heavy atom. The van der Waals surface area contributed by atoms with Gasteiger partial charge in [0, 0.05) is 30.8 Å². The number of urea groups is 1. The van der Waals surface area contributed by atoms with Gasteiger partial charge in [-0.2, -0.15) is 0 Å². The Morgan fingerprint density at radius 3 is 2.46 bits per heavy atom. The summed E-state index contributed by atoms with van der Waals surface area (Å²) < 4.78 is 19.7. The number of aliphatic hydroxyl groups excluding tert-OH is 1. The van der Waals surface area contributed by atoms with E-state index in [9.17, 15) is 14.7 Å². The summed E-state index contributed by atoms with van der Waals surface area (Å²) in [6.07, 6.45) is -1.05. The highest BCUT2D eigenvalue weighted by Gasteiger charge is 2.38. The van der Waals surface area contributed by atoms with E-state index >= 15 is 0 Å². The van der Waals surface area contributed by atoms with Crippen LogP contribution in [0.15, 0.2) is 78.0 Å². The van der Waals surface area contributed by atoms with Gasteiger partial charge in [0.25, 0.3) is 0 Å². The van der Waals surface area contributed by atoms with Crippen LogP contribution in [0.5, 0.6) is 0 Å². The average molecular weight is 647 g/mol. The third-order valence-corrected chi connectivity index (χ3v) is 8.75. The van der Waals surface area contributed by atoms with Crippen molar-refractivity contribution in [2.75, 3.05) is 18.9 Å². The van der Waals surface area contributed by atoms with Crippen LogP contribution in [0.25, 0.3) is 11.1 Å². The topological polar surface area (TPSA) is 150 Å². The monoisotopic (exact) mass is 646 g/mol. The highest BCUT2D eigenvalue weighted by molar-refractivity contribution is 7.99. The number of amides is 2. The van der Waals surface area contributed by atoms with Crippen LogP contribution in [0.4, 0.5) is 4.79 Å². The van der Waals surface area contributed by atoms with Crippen molar-refractivity contribution < 1.29 is 28.9 Å². The molecule has 2 amide bonds. The van der Waals surface area contributed by atoms with Gasteiger partial charge in [0.1, 0.15) is 6.54 Å². The number of rotatable bonds is 12. The summed E-state index contributed by atoms with van der Waals surface area (Å²) in [5, 5.41) is 27.3. The van der Waals surface area contributed by atoms with E-state index in [1.807, 2.05) is 73.8 Å². The van der Waals surface area contributed by atoms with Crippen molar-refractivity contribution in [2.45, 2.75) is 50.7 Å². The van der Waals surface area contributed by atoms with Crippen LogP contribution in [0.1, 0.15) is 48.5 Å². The van der Waals surface area contributed by atoms with E-state index in [1.54, 1.807) is 11.6 Å². The molecule has 5 rings (SSSR count). The van der Waals surface area contributed by atoms with E-state index in [0.717, 1.165) is 33.4 Å². The number of benzene rings is 3. The lowest BCUT2D eigenvalue weighted by molar-refractivity contribution is -0.268. The maximum atomic E-state index is 12.2. The van der Waals surface area contributed by atoms with E-state index in [0.29, 0.717) is 10.9 Å². The van der Waals surface area contributed by atoms with E-state index in [4.69, 9.17) is 14.2 Å². The molecule has 1 aliphatic rings. The molecule has 0 saturated carbocycles. The number of esters is 1. The SMILES string of the molecule is CCOC(=O)CNC(=O)NCc1cccc(-c2cccc([C@H]3O[C@@H](CSc4nnnn4C)[C@@H](C)[C@@H](c4ccc(CO)cc4)O3)c2)c1. The molecule has 1 saturated heterocycles. The third kappa shape index (κ3) is 8.49. The van der Waals surface area contributed by atoms with Gasteiger partial charge in [-0.1, -0.05) is 79.3 Å². The molecule has 3 N–H and O–H groups in total. The number of nitrogens with one attached hydrogen (secondary N) is 2. The first-order chi connectivity index (χ1) is 22.3. The molecule has 0 radical (unpaired) electrons. The van der Waals surface area contributed by atoms with Gasteiger partial charge >= 0.3 is 12.0 Å². The van der Waals surface area contributed by atoms with Gasteiger partial charge in [0.15, 0.2) is 6.29 Å². The molecule has 0 bridgehead atoms. The molecule has 12 nitrogen and oxygen atoms in total. The molecular weight excluding hydrogens is 608 g/mol. The Bertz CT molecular complexity index is 1620. The lowest BCUT2D eigenvalue weighted by Gasteiger charge is -2.41. The molecule has 4 aromatic rings. The number of nitrogens with zero attached hydrogens (tertiary/aromatic N) is 4. The Hall–Kier alpha value is -4.30. The fourth-order valence-corrected chi connectivity index (χ4v) is 6.16. The highest BCUT2D eigenvalue weighted by atomic mass is 32.2. The fourth-order valence-electron chi connectivity index (χ4n) is 5.15. The van der Waals surface area contributed by atoms with E-state index in [1.165, 1.54) is 11.8 Å². The average Bonchev–Trinajstić information content (AvgIpc) is 3.50. The molecular formula is C33H38N6O6S. The number of hydrogen-bond donors (Lipinski definition) is 3. The number of tetrazole rings is 1. The van der Waals surface area contributed by atoms with Gasteiger partial charge in [-0.15, -0.1) is 5.10 Å². The Morgan fingerprint density at radius 2 is 1.74 bits per heavy atom. The zero-order valence-electron chi connectivity index (χ0n) is 26.0. The zero-order valence-corrected chi connectivity index (χ0v) is 26.8. The van der Waals surface area contributed by atoms with Crippen LogP contribution in [0.2, 0.25) is 0 Å². The quantitative estimate of drug-likeness (QED) is 0.150. The first-order valence-corrected chi connectivity index (χ1v) is 16.1. The van der Waals surface area contributed by atoms with Crippen LogP contribution in [0, 0.1) is 5.92 Å². The first-order valence-electron chi connectivity index (χ1n) is 15.1. The van der Waals surface area contributed by atoms with Crippen LogP contribution in [0.3, 0.4) is 0 Å². The predicted molar refractivity (Wildman–Crippen MR) is 171 cm³/mol. The smallest absolute Gasteiger partial charge is 0.325 e. The van der Waals surface area contributed by atoms with E-state index < -0.39 is 18.3 Å². The van der Waals surface area contributed by atoms with Crippen molar-refractivity contribution in [1.82, 2.24) is 30.8 Å². The fraction of sp³-hybridized carbons (Fsp3) is 0.364. The Balaban J connectivity index is 1.32. The minimum absolute atomic E-state index is 0.0202. The van der Waals surface area contributed by atoms with Gasteiger partial charge in [-0.25, -0.2) is 9.48 Å². The van der Waals surface area contributed by atoms with Gasteiger partial charge in [-0.05, 0) is 57.3 Å². The largest absolute Gasteiger partial charge is 0.465 e. The number of carbonyl (C=O) groups excluding carboxylic acids is 2. The van der Waals surface area contributed by atoms with Crippen LogP contribution < -0.4 is 10.6 Å². The molecule has 4 atom stereocenters. The zero-order chi connectivity index (χ0) is 32.5. The summed E-state index contributed by atoms with van der Waals surface area (Å²) in [7, 11) is 1.81. The molecule has 1 aliphatic heterocycles. The normalized spacial score (nSPS) is 19.4. The van der Waals surface area contributed by atoms with Crippen LogP contribution in [-0.2, 0) is 39.2 Å². The number of aromatic nitrogens is 4. The van der Waals surface area contributed by atoms with Gasteiger partial charge in [0.05, 0.1) is 25.4 Å². The van der Waals surface area contributed by atoms with Crippen molar-refractivity contribution >= 4 is 23.8 Å². The first kappa shape index (κ1) is 33.1. The lowest BCUT2D eigenvalue weighted by atomic mass is 9.91. The minimum Gasteiger partial charge on any atom is -0.465 e. The number of carbonyl (C=O) groups is 2. The number of ether oxygens (including phenoxy) is 3. The van der Waals surface area contributed by atoms with E-state index in [2.05, 4.69) is 39.1 Å². The number of aryl methyl sites for hydroxylation is 1.